The van der Waals surface area contributed by atoms with E-state index < -0.39 is 0 Å². The molecular formula is C15H18N2OS. The van der Waals surface area contributed by atoms with Crippen molar-refractivity contribution in [2.24, 2.45) is 5.92 Å². The van der Waals surface area contributed by atoms with E-state index in [-0.39, 0.29) is 0 Å². The Morgan fingerprint density at radius 1 is 1.32 bits per heavy atom. The van der Waals surface area contributed by atoms with E-state index in [0.29, 0.717) is 0 Å². The number of aryl methyl sites for hydroxylation is 1. The lowest BCUT2D eigenvalue weighted by molar-refractivity contribution is 0.383. The molecule has 1 fully saturated rings. The number of nitrogens with one attached hydrogen (secondary N) is 1. The first-order valence-corrected chi connectivity index (χ1v) is 7.78. The topological polar surface area (TPSA) is 38.1 Å². The Hall–Kier alpha value is -1.26. The van der Waals surface area contributed by atoms with Crippen molar-refractivity contribution in [3.63, 3.8) is 0 Å². The molecule has 2 heterocycles. The van der Waals surface area contributed by atoms with Crippen molar-refractivity contribution in [1.82, 2.24) is 10.5 Å². The Morgan fingerprint density at radius 2 is 2.11 bits per heavy atom. The van der Waals surface area contributed by atoms with Crippen molar-refractivity contribution >= 4 is 11.8 Å². The molecule has 0 amide bonds. The highest BCUT2D eigenvalue weighted by Crippen LogP contribution is 2.23. The van der Waals surface area contributed by atoms with Gasteiger partial charge in [-0.15, -0.1) is 0 Å². The van der Waals surface area contributed by atoms with Gasteiger partial charge in [-0.2, -0.15) is 11.8 Å². The van der Waals surface area contributed by atoms with Gasteiger partial charge in [-0.1, -0.05) is 35.0 Å². The number of rotatable bonds is 5. The molecule has 19 heavy (non-hydrogen) atoms. The predicted molar refractivity (Wildman–Crippen MR) is 79.2 cm³/mol. The SMILES string of the molecule is Cc1ccc(-c2cc(CSCC3CNC3)on2)cc1. The van der Waals surface area contributed by atoms with Crippen LogP contribution in [0.2, 0.25) is 0 Å². The zero-order valence-corrected chi connectivity index (χ0v) is 11.9. The second kappa shape index (κ2) is 5.80. The van der Waals surface area contributed by atoms with Crippen LogP contribution < -0.4 is 5.32 Å². The van der Waals surface area contributed by atoms with Gasteiger partial charge in [0.2, 0.25) is 0 Å². The van der Waals surface area contributed by atoms with Gasteiger partial charge in [0.25, 0.3) is 0 Å². The maximum atomic E-state index is 5.40. The van der Waals surface area contributed by atoms with Crippen LogP contribution in [0.15, 0.2) is 34.9 Å². The lowest BCUT2D eigenvalue weighted by Crippen LogP contribution is -2.43. The molecule has 3 rings (SSSR count). The second-order valence-corrected chi connectivity index (χ2v) is 6.11. The smallest absolute Gasteiger partial charge is 0.147 e. The van der Waals surface area contributed by atoms with E-state index in [2.05, 4.69) is 47.7 Å². The fourth-order valence-electron chi connectivity index (χ4n) is 2.03. The number of thioether (sulfide) groups is 1. The third-order valence-corrected chi connectivity index (χ3v) is 4.57. The molecule has 1 aromatic heterocycles. The lowest BCUT2D eigenvalue weighted by atomic mass is 10.1. The Balaban J connectivity index is 1.57. The number of nitrogens with zero attached hydrogens (tertiary/aromatic N) is 1. The van der Waals surface area contributed by atoms with E-state index in [4.69, 9.17) is 4.52 Å². The average molecular weight is 274 g/mol. The first-order valence-electron chi connectivity index (χ1n) is 6.62. The van der Waals surface area contributed by atoms with Crippen molar-refractivity contribution < 1.29 is 4.52 Å². The van der Waals surface area contributed by atoms with Crippen LogP contribution in [-0.2, 0) is 5.75 Å². The predicted octanol–water partition coefficient (Wildman–Crippen LogP) is 3.10. The fourth-order valence-corrected chi connectivity index (χ4v) is 3.06. The van der Waals surface area contributed by atoms with Gasteiger partial charge < -0.3 is 9.84 Å². The minimum absolute atomic E-state index is 0.837. The van der Waals surface area contributed by atoms with Gasteiger partial charge in [0.15, 0.2) is 0 Å². The van der Waals surface area contributed by atoms with Crippen molar-refractivity contribution in [3.8, 4) is 11.3 Å². The molecule has 3 nitrogen and oxygen atoms in total. The van der Waals surface area contributed by atoms with Gasteiger partial charge in [-0.3, -0.25) is 0 Å². The van der Waals surface area contributed by atoms with Gasteiger partial charge >= 0.3 is 0 Å². The number of benzene rings is 1. The van der Waals surface area contributed by atoms with E-state index in [1.54, 1.807) is 0 Å². The fraction of sp³-hybridized carbons (Fsp3) is 0.400. The summed E-state index contributed by atoms with van der Waals surface area (Å²) in [4.78, 5) is 0. The third-order valence-electron chi connectivity index (χ3n) is 3.37. The summed E-state index contributed by atoms with van der Waals surface area (Å²) in [5, 5.41) is 7.44. The minimum atomic E-state index is 0.837. The molecule has 0 unspecified atom stereocenters. The lowest BCUT2D eigenvalue weighted by Gasteiger charge is -2.26. The highest BCUT2D eigenvalue weighted by molar-refractivity contribution is 7.98. The van der Waals surface area contributed by atoms with Crippen LogP contribution in [0.3, 0.4) is 0 Å². The highest BCUT2D eigenvalue weighted by atomic mass is 32.2. The molecule has 0 bridgehead atoms. The molecule has 0 saturated carbocycles. The van der Waals surface area contributed by atoms with Gasteiger partial charge in [-0.25, -0.2) is 0 Å². The van der Waals surface area contributed by atoms with Crippen molar-refractivity contribution in [2.45, 2.75) is 12.7 Å². The maximum Gasteiger partial charge on any atom is 0.147 e. The average Bonchev–Trinajstić information content (AvgIpc) is 2.82. The van der Waals surface area contributed by atoms with Crippen LogP contribution >= 0.6 is 11.8 Å². The zero-order valence-electron chi connectivity index (χ0n) is 11.1. The maximum absolute atomic E-state index is 5.40. The van der Waals surface area contributed by atoms with E-state index in [1.165, 1.54) is 11.3 Å². The van der Waals surface area contributed by atoms with Crippen molar-refractivity contribution in [1.29, 1.82) is 0 Å². The van der Waals surface area contributed by atoms with Crippen LogP contribution in [0.25, 0.3) is 11.3 Å². The third kappa shape index (κ3) is 3.19. The van der Waals surface area contributed by atoms with Crippen molar-refractivity contribution in [3.05, 3.63) is 41.7 Å². The first kappa shape index (κ1) is 12.8. The molecular weight excluding hydrogens is 256 g/mol. The standard InChI is InChI=1S/C15H18N2OS/c1-11-2-4-13(5-3-11)15-6-14(18-17-15)10-19-9-12-7-16-8-12/h2-6,12,16H,7-10H2,1H3. The van der Waals surface area contributed by atoms with Gasteiger partial charge in [0, 0.05) is 11.6 Å². The van der Waals surface area contributed by atoms with E-state index in [9.17, 15) is 0 Å². The Labute approximate surface area is 117 Å². The van der Waals surface area contributed by atoms with E-state index >= 15 is 0 Å². The molecule has 1 N–H and O–H groups in total. The first-order chi connectivity index (χ1) is 9.31. The molecule has 1 saturated heterocycles. The molecule has 0 aliphatic carbocycles. The number of aromatic nitrogens is 1. The summed E-state index contributed by atoms with van der Waals surface area (Å²) in [5.41, 5.74) is 3.31. The largest absolute Gasteiger partial charge is 0.360 e. The Bertz CT molecular complexity index is 531. The van der Waals surface area contributed by atoms with Gasteiger partial charge in [0.05, 0.1) is 5.75 Å². The summed E-state index contributed by atoms with van der Waals surface area (Å²) in [6, 6.07) is 10.4. The van der Waals surface area contributed by atoms with Crippen LogP contribution in [0.1, 0.15) is 11.3 Å². The summed E-state index contributed by atoms with van der Waals surface area (Å²) in [6.07, 6.45) is 0. The van der Waals surface area contributed by atoms with Crippen molar-refractivity contribution in [2.75, 3.05) is 18.8 Å². The van der Waals surface area contributed by atoms with Crippen LogP contribution in [0, 0.1) is 12.8 Å². The molecule has 1 aromatic carbocycles. The summed E-state index contributed by atoms with van der Waals surface area (Å²) in [5.74, 6) is 3.92. The molecule has 1 aliphatic rings. The van der Waals surface area contributed by atoms with E-state index in [1.807, 2.05) is 11.8 Å². The molecule has 100 valence electrons. The van der Waals surface area contributed by atoms with Gasteiger partial charge in [0.1, 0.15) is 11.5 Å². The summed E-state index contributed by atoms with van der Waals surface area (Å²) in [6.45, 7) is 4.42. The van der Waals surface area contributed by atoms with Gasteiger partial charge in [-0.05, 0) is 31.7 Å². The number of hydrogen-bond donors (Lipinski definition) is 1. The number of hydrogen-bond acceptors (Lipinski definition) is 4. The molecule has 4 heteroatoms. The summed E-state index contributed by atoms with van der Waals surface area (Å²) >= 11 is 1.93. The molecule has 0 atom stereocenters. The summed E-state index contributed by atoms with van der Waals surface area (Å²) < 4.78 is 5.40. The zero-order chi connectivity index (χ0) is 13.1. The Morgan fingerprint density at radius 3 is 2.79 bits per heavy atom. The minimum Gasteiger partial charge on any atom is -0.360 e. The monoisotopic (exact) mass is 274 g/mol. The summed E-state index contributed by atoms with van der Waals surface area (Å²) in [7, 11) is 0. The quantitative estimate of drug-likeness (QED) is 0.909. The Kier molecular flexibility index (Phi) is 3.89. The van der Waals surface area contributed by atoms with Crippen LogP contribution in [0.5, 0.6) is 0 Å². The van der Waals surface area contributed by atoms with E-state index in [0.717, 1.165) is 41.8 Å². The molecule has 0 spiro atoms. The normalized spacial score (nSPS) is 15.4. The highest BCUT2D eigenvalue weighted by Gasteiger charge is 2.16. The molecule has 2 aromatic rings. The molecule has 1 aliphatic heterocycles. The molecule has 0 radical (unpaired) electrons. The second-order valence-electron chi connectivity index (χ2n) is 5.08. The van der Waals surface area contributed by atoms with Crippen LogP contribution in [-0.4, -0.2) is 24.0 Å². The van der Waals surface area contributed by atoms with Crippen LogP contribution in [0.4, 0.5) is 0 Å².